The topological polar surface area (TPSA) is 46.1 Å². The zero-order valence-electron chi connectivity index (χ0n) is 9.12. The molecule has 3 rings (SSSR count). The van der Waals surface area contributed by atoms with Crippen molar-refractivity contribution in [3.05, 3.63) is 39.8 Å². The van der Waals surface area contributed by atoms with Gasteiger partial charge in [0.15, 0.2) is 0 Å². The highest BCUT2D eigenvalue weighted by Crippen LogP contribution is 2.42. The van der Waals surface area contributed by atoms with Gasteiger partial charge in [-0.15, -0.1) is 22.0 Å². The Kier molecular flexibility index (Phi) is 3.36. The predicted octanol–water partition coefficient (Wildman–Crippen LogP) is 3.08. The number of hydrogen-bond donors (Lipinski definition) is 0. The number of benzene rings is 1. The quantitative estimate of drug-likeness (QED) is 0.842. The summed E-state index contributed by atoms with van der Waals surface area (Å²) < 4.78 is 1.03. The zero-order valence-corrected chi connectivity index (χ0v) is 12.3. The van der Waals surface area contributed by atoms with Crippen LogP contribution in [-0.4, -0.2) is 21.9 Å². The van der Waals surface area contributed by atoms with Crippen LogP contribution in [0.15, 0.2) is 34.2 Å². The van der Waals surface area contributed by atoms with Gasteiger partial charge >= 0.3 is 0 Å². The van der Waals surface area contributed by atoms with Crippen LogP contribution in [0, 0.1) is 0 Å². The van der Waals surface area contributed by atoms with Gasteiger partial charge in [-0.25, -0.2) is 0 Å². The Hall–Kier alpha value is -0.920. The fraction of sp³-hybridized carbons (Fsp3) is 0.182. The molecule has 0 N–H and O–H groups in total. The number of carbonyl (C=O) groups excluding carboxylic acids is 1. The number of amides is 1. The van der Waals surface area contributed by atoms with Crippen LogP contribution in [-0.2, 0) is 4.79 Å². The van der Waals surface area contributed by atoms with Gasteiger partial charge in [-0.2, -0.15) is 0 Å². The largest absolute Gasteiger partial charge is 0.273 e. The molecular formula is C11H8BrN3OS2. The number of hydrogen-bond acceptors (Lipinski definition) is 5. The fourth-order valence-electron chi connectivity index (χ4n) is 1.78. The summed E-state index contributed by atoms with van der Waals surface area (Å²) in [5.74, 6) is 0.574. The molecule has 1 aromatic heterocycles. The van der Waals surface area contributed by atoms with E-state index < -0.39 is 0 Å². The maximum Gasteiger partial charge on any atom is 0.240 e. The van der Waals surface area contributed by atoms with E-state index >= 15 is 0 Å². The third-order valence-corrected chi connectivity index (χ3v) is 5.01. The van der Waals surface area contributed by atoms with Gasteiger partial charge in [0, 0.05) is 4.47 Å². The third kappa shape index (κ3) is 2.17. The minimum atomic E-state index is -0.00134. The highest BCUT2D eigenvalue weighted by Gasteiger charge is 2.35. The average molecular weight is 342 g/mol. The number of carbonyl (C=O) groups is 1. The molecule has 4 nitrogen and oxygen atoms in total. The summed E-state index contributed by atoms with van der Waals surface area (Å²) in [6.45, 7) is 0. The lowest BCUT2D eigenvalue weighted by atomic mass is 10.2. The molecule has 7 heteroatoms. The molecule has 1 atom stereocenters. The lowest BCUT2D eigenvalue weighted by molar-refractivity contribution is -0.115. The van der Waals surface area contributed by atoms with Gasteiger partial charge in [0.05, 0.1) is 5.75 Å². The van der Waals surface area contributed by atoms with E-state index in [9.17, 15) is 4.79 Å². The maximum atomic E-state index is 12.0. The van der Waals surface area contributed by atoms with E-state index in [1.165, 1.54) is 11.3 Å². The summed E-state index contributed by atoms with van der Waals surface area (Å²) in [6.07, 6.45) is 0. The van der Waals surface area contributed by atoms with Gasteiger partial charge < -0.3 is 0 Å². The van der Waals surface area contributed by atoms with Crippen LogP contribution in [0.3, 0.4) is 0 Å². The number of rotatable bonds is 2. The highest BCUT2D eigenvalue weighted by molar-refractivity contribution is 9.10. The molecule has 1 aliphatic rings. The van der Waals surface area contributed by atoms with Crippen molar-refractivity contribution in [2.75, 3.05) is 10.7 Å². The smallest absolute Gasteiger partial charge is 0.240 e. The Morgan fingerprint density at radius 1 is 1.33 bits per heavy atom. The van der Waals surface area contributed by atoms with E-state index in [2.05, 4.69) is 26.1 Å². The molecule has 1 saturated heterocycles. The molecular weight excluding hydrogens is 334 g/mol. The predicted molar refractivity (Wildman–Crippen MR) is 76.7 cm³/mol. The lowest BCUT2D eigenvalue weighted by Crippen LogP contribution is -2.27. The summed E-state index contributed by atoms with van der Waals surface area (Å²) in [4.78, 5) is 13.7. The van der Waals surface area contributed by atoms with Gasteiger partial charge in [-0.05, 0) is 17.7 Å². The second-order valence-electron chi connectivity index (χ2n) is 3.70. The fourth-order valence-corrected chi connectivity index (χ4v) is 3.87. The molecule has 1 unspecified atom stereocenters. The zero-order chi connectivity index (χ0) is 12.5. The van der Waals surface area contributed by atoms with Crippen molar-refractivity contribution in [3.8, 4) is 0 Å². The highest BCUT2D eigenvalue weighted by atomic mass is 79.9. The van der Waals surface area contributed by atoms with Crippen LogP contribution in [0.2, 0.25) is 0 Å². The first-order valence-corrected chi connectivity index (χ1v) is 7.93. The lowest BCUT2D eigenvalue weighted by Gasteiger charge is -2.20. The Morgan fingerprint density at radius 3 is 2.78 bits per heavy atom. The molecule has 1 fully saturated rings. The van der Waals surface area contributed by atoms with Crippen LogP contribution >= 0.6 is 39.0 Å². The van der Waals surface area contributed by atoms with Crippen molar-refractivity contribution >= 4 is 50.1 Å². The summed E-state index contributed by atoms with van der Waals surface area (Å²) in [5, 5.41) is 8.46. The Balaban J connectivity index is 1.96. The third-order valence-electron chi connectivity index (χ3n) is 2.58. The van der Waals surface area contributed by atoms with Gasteiger partial charge in [-0.3, -0.25) is 9.69 Å². The molecule has 0 aliphatic carbocycles. The van der Waals surface area contributed by atoms with Gasteiger partial charge in [0.25, 0.3) is 0 Å². The summed E-state index contributed by atoms with van der Waals surface area (Å²) in [5.41, 5.74) is 2.74. The van der Waals surface area contributed by atoms with Gasteiger partial charge in [0.1, 0.15) is 10.9 Å². The van der Waals surface area contributed by atoms with Crippen molar-refractivity contribution in [2.24, 2.45) is 0 Å². The Morgan fingerprint density at radius 2 is 2.11 bits per heavy atom. The second-order valence-corrected chi connectivity index (χ2v) is 6.50. The minimum absolute atomic E-state index is 0.00134. The molecule has 0 bridgehead atoms. The molecule has 0 saturated carbocycles. The molecule has 1 aromatic carbocycles. The second kappa shape index (κ2) is 4.99. The Bertz CT molecular complexity index is 558. The monoisotopic (exact) mass is 341 g/mol. The van der Waals surface area contributed by atoms with E-state index in [0.717, 1.165) is 10.0 Å². The van der Waals surface area contributed by atoms with Gasteiger partial charge in [-0.1, -0.05) is 39.4 Å². The molecule has 1 amide bonds. The molecule has 2 heterocycles. The van der Waals surface area contributed by atoms with Crippen LogP contribution in [0.1, 0.15) is 10.9 Å². The first-order chi connectivity index (χ1) is 8.75. The molecule has 0 spiro atoms. The van der Waals surface area contributed by atoms with E-state index in [1.54, 1.807) is 22.2 Å². The standard InChI is InChI=1S/C11H8BrN3OS2/c12-8-3-1-7(2-4-8)10-15(9(16)5-17-10)11-14-13-6-18-11/h1-4,6,10H,5H2. The average Bonchev–Trinajstić information content (AvgIpc) is 2.99. The van der Waals surface area contributed by atoms with E-state index in [0.29, 0.717) is 10.9 Å². The van der Waals surface area contributed by atoms with E-state index in [4.69, 9.17) is 0 Å². The molecule has 18 heavy (non-hydrogen) atoms. The summed E-state index contributed by atoms with van der Waals surface area (Å²) in [6, 6.07) is 8.01. The number of nitrogens with zero attached hydrogens (tertiary/aromatic N) is 3. The normalized spacial score (nSPS) is 19.5. The minimum Gasteiger partial charge on any atom is -0.273 e. The molecule has 1 aliphatic heterocycles. The van der Waals surface area contributed by atoms with Crippen LogP contribution < -0.4 is 4.90 Å². The van der Waals surface area contributed by atoms with E-state index in [-0.39, 0.29) is 11.3 Å². The number of anilines is 1. The molecule has 0 radical (unpaired) electrons. The van der Waals surface area contributed by atoms with Crippen LogP contribution in [0.25, 0.3) is 0 Å². The van der Waals surface area contributed by atoms with Crippen molar-refractivity contribution < 1.29 is 4.79 Å². The number of halogens is 1. The first-order valence-electron chi connectivity index (χ1n) is 5.21. The van der Waals surface area contributed by atoms with E-state index in [1.807, 2.05) is 24.3 Å². The number of aromatic nitrogens is 2. The van der Waals surface area contributed by atoms with Gasteiger partial charge in [0.2, 0.25) is 11.0 Å². The van der Waals surface area contributed by atoms with Crippen molar-refractivity contribution in [3.63, 3.8) is 0 Å². The first kappa shape index (κ1) is 12.1. The number of thioether (sulfide) groups is 1. The maximum absolute atomic E-state index is 12.0. The van der Waals surface area contributed by atoms with Crippen molar-refractivity contribution in [2.45, 2.75) is 5.37 Å². The molecule has 2 aromatic rings. The summed E-state index contributed by atoms with van der Waals surface area (Å²) >= 11 is 6.41. The van der Waals surface area contributed by atoms with Crippen molar-refractivity contribution in [1.29, 1.82) is 0 Å². The SMILES string of the molecule is O=C1CSC(c2ccc(Br)cc2)N1c1nncs1. The van der Waals surface area contributed by atoms with Crippen LogP contribution in [0.4, 0.5) is 5.13 Å². The Labute approximate surface area is 121 Å². The molecule has 92 valence electrons. The van der Waals surface area contributed by atoms with Crippen molar-refractivity contribution in [1.82, 2.24) is 10.2 Å². The summed E-state index contributed by atoms with van der Waals surface area (Å²) in [7, 11) is 0. The van der Waals surface area contributed by atoms with Crippen LogP contribution in [0.5, 0.6) is 0 Å².